The summed E-state index contributed by atoms with van der Waals surface area (Å²) in [6.45, 7) is 9.97. The molecular weight excluding hydrogens is 316 g/mol. The lowest BCUT2D eigenvalue weighted by atomic mass is 10.1. The van der Waals surface area contributed by atoms with Gasteiger partial charge in [0.05, 0.1) is 13.7 Å². The Morgan fingerprint density at radius 1 is 1.16 bits per heavy atom. The van der Waals surface area contributed by atoms with E-state index in [4.69, 9.17) is 9.26 Å². The maximum absolute atomic E-state index is 5.20. The largest absolute Gasteiger partial charge is 0.497 e. The van der Waals surface area contributed by atoms with E-state index in [1.165, 1.54) is 11.1 Å². The number of ether oxygens (including phenoxy) is 1. The highest BCUT2D eigenvalue weighted by Crippen LogP contribution is 2.15. The highest BCUT2D eigenvalue weighted by atomic mass is 16.5. The Hall–Kier alpha value is -2.18. The van der Waals surface area contributed by atoms with Crippen LogP contribution in [0, 0.1) is 6.92 Å². The Morgan fingerprint density at radius 3 is 2.44 bits per heavy atom. The summed E-state index contributed by atoms with van der Waals surface area (Å²) in [5, 5.41) is 3.98. The molecule has 1 saturated heterocycles. The molecule has 0 atom stereocenters. The third-order valence-electron chi connectivity index (χ3n) is 4.40. The monoisotopic (exact) mass is 342 g/mol. The van der Waals surface area contributed by atoms with Crippen molar-refractivity contribution in [1.82, 2.24) is 19.9 Å². The van der Waals surface area contributed by atoms with Gasteiger partial charge in [-0.15, -0.1) is 0 Å². The number of aromatic nitrogens is 2. The first kappa shape index (κ1) is 17.6. The maximum atomic E-state index is 5.20. The van der Waals surface area contributed by atoms with Crippen LogP contribution in [0.1, 0.15) is 24.2 Å². The minimum atomic E-state index is 0.632. The molecule has 1 aromatic heterocycles. The Bertz CT molecular complexity index is 700. The van der Waals surface area contributed by atoms with Gasteiger partial charge < -0.3 is 9.26 Å². The highest BCUT2D eigenvalue weighted by Gasteiger charge is 2.18. The molecule has 0 unspecified atom stereocenters. The molecular formula is C19H26N4O2. The molecule has 0 spiro atoms. The standard InChI is InChI=1S/C19H26N4O2/c1-15(12-17-4-6-18(24-3)7-5-17)13-22-8-10-23(11-9-22)14-19-20-16(2)25-21-19/h4-7,12H,8-11,13-14H2,1-3H3/b15-12+. The summed E-state index contributed by atoms with van der Waals surface area (Å²) in [6, 6.07) is 8.18. The van der Waals surface area contributed by atoms with Crippen LogP contribution in [0.3, 0.4) is 0 Å². The molecule has 0 bridgehead atoms. The van der Waals surface area contributed by atoms with Crippen LogP contribution in [0.5, 0.6) is 5.75 Å². The van der Waals surface area contributed by atoms with Gasteiger partial charge >= 0.3 is 0 Å². The molecule has 25 heavy (non-hydrogen) atoms. The fraction of sp³-hybridized carbons (Fsp3) is 0.474. The fourth-order valence-corrected chi connectivity index (χ4v) is 3.09. The summed E-state index contributed by atoms with van der Waals surface area (Å²) in [5.74, 6) is 2.30. The number of benzene rings is 1. The zero-order chi connectivity index (χ0) is 17.6. The van der Waals surface area contributed by atoms with Crippen LogP contribution in [-0.2, 0) is 6.54 Å². The van der Waals surface area contributed by atoms with E-state index in [9.17, 15) is 0 Å². The molecule has 0 aliphatic carbocycles. The molecule has 1 aliphatic rings. The Labute approximate surface area is 149 Å². The Morgan fingerprint density at radius 2 is 1.84 bits per heavy atom. The van der Waals surface area contributed by atoms with Crippen molar-refractivity contribution in [2.75, 3.05) is 39.8 Å². The maximum Gasteiger partial charge on any atom is 0.223 e. The average Bonchev–Trinajstić information content (AvgIpc) is 3.02. The van der Waals surface area contributed by atoms with Crippen LogP contribution in [0.15, 0.2) is 34.4 Å². The van der Waals surface area contributed by atoms with Gasteiger partial charge in [0.15, 0.2) is 5.82 Å². The average molecular weight is 342 g/mol. The van der Waals surface area contributed by atoms with Crippen molar-refractivity contribution in [1.29, 1.82) is 0 Å². The highest BCUT2D eigenvalue weighted by molar-refractivity contribution is 5.53. The van der Waals surface area contributed by atoms with Crippen molar-refractivity contribution < 1.29 is 9.26 Å². The first-order valence-corrected chi connectivity index (χ1v) is 8.67. The van der Waals surface area contributed by atoms with E-state index in [1.54, 1.807) is 7.11 Å². The predicted molar refractivity (Wildman–Crippen MR) is 97.4 cm³/mol. The van der Waals surface area contributed by atoms with E-state index in [2.05, 4.69) is 45.1 Å². The molecule has 0 N–H and O–H groups in total. The third kappa shape index (κ3) is 5.14. The van der Waals surface area contributed by atoms with Crippen molar-refractivity contribution in [3.8, 4) is 5.75 Å². The van der Waals surface area contributed by atoms with Crippen LogP contribution in [0.25, 0.3) is 6.08 Å². The number of hydrogen-bond acceptors (Lipinski definition) is 6. The lowest BCUT2D eigenvalue weighted by molar-refractivity contribution is 0.132. The van der Waals surface area contributed by atoms with Crippen molar-refractivity contribution in [2.45, 2.75) is 20.4 Å². The van der Waals surface area contributed by atoms with Gasteiger partial charge in [-0.25, -0.2) is 0 Å². The van der Waals surface area contributed by atoms with Gasteiger partial charge in [0.2, 0.25) is 5.89 Å². The van der Waals surface area contributed by atoms with Crippen LogP contribution in [-0.4, -0.2) is 59.8 Å². The summed E-state index contributed by atoms with van der Waals surface area (Å²) in [6.07, 6.45) is 2.24. The second kappa shape index (κ2) is 8.27. The third-order valence-corrected chi connectivity index (χ3v) is 4.40. The lowest BCUT2D eigenvalue weighted by Gasteiger charge is -2.34. The molecule has 6 nitrogen and oxygen atoms in total. The van der Waals surface area contributed by atoms with Gasteiger partial charge in [-0.05, 0) is 24.6 Å². The molecule has 134 valence electrons. The molecule has 0 amide bonds. The molecule has 0 saturated carbocycles. The molecule has 3 rings (SSSR count). The summed E-state index contributed by atoms with van der Waals surface area (Å²) < 4.78 is 10.2. The van der Waals surface area contributed by atoms with E-state index in [1.807, 2.05) is 19.1 Å². The van der Waals surface area contributed by atoms with Crippen LogP contribution >= 0.6 is 0 Å². The van der Waals surface area contributed by atoms with Crippen LogP contribution < -0.4 is 4.74 Å². The molecule has 2 aromatic rings. The Kier molecular flexibility index (Phi) is 5.83. The number of rotatable bonds is 6. The van der Waals surface area contributed by atoms with Gasteiger partial charge in [-0.3, -0.25) is 9.80 Å². The van der Waals surface area contributed by atoms with E-state index in [0.717, 1.165) is 50.8 Å². The number of piperazine rings is 1. The number of aryl methyl sites for hydroxylation is 1. The van der Waals surface area contributed by atoms with E-state index in [0.29, 0.717) is 5.89 Å². The SMILES string of the molecule is COc1ccc(/C=C(\C)CN2CCN(Cc3noc(C)n3)CC2)cc1. The summed E-state index contributed by atoms with van der Waals surface area (Å²) in [4.78, 5) is 9.15. The summed E-state index contributed by atoms with van der Waals surface area (Å²) in [7, 11) is 1.69. The minimum absolute atomic E-state index is 0.632. The van der Waals surface area contributed by atoms with Crippen molar-refractivity contribution in [2.24, 2.45) is 0 Å². The van der Waals surface area contributed by atoms with Gasteiger partial charge in [0.25, 0.3) is 0 Å². The fourth-order valence-electron chi connectivity index (χ4n) is 3.09. The van der Waals surface area contributed by atoms with Crippen LogP contribution in [0.2, 0.25) is 0 Å². The van der Waals surface area contributed by atoms with E-state index < -0.39 is 0 Å². The second-order valence-corrected chi connectivity index (χ2v) is 6.55. The quantitative estimate of drug-likeness (QED) is 0.804. The molecule has 1 fully saturated rings. The van der Waals surface area contributed by atoms with E-state index >= 15 is 0 Å². The summed E-state index contributed by atoms with van der Waals surface area (Å²) in [5.41, 5.74) is 2.58. The first-order valence-electron chi connectivity index (χ1n) is 8.67. The zero-order valence-electron chi connectivity index (χ0n) is 15.2. The Balaban J connectivity index is 1.46. The second-order valence-electron chi connectivity index (χ2n) is 6.55. The molecule has 1 aromatic carbocycles. The number of nitrogens with zero attached hydrogens (tertiary/aromatic N) is 4. The van der Waals surface area contributed by atoms with Crippen molar-refractivity contribution in [3.63, 3.8) is 0 Å². The normalized spacial score (nSPS) is 17.0. The van der Waals surface area contributed by atoms with Gasteiger partial charge in [-0.2, -0.15) is 4.98 Å². The van der Waals surface area contributed by atoms with Crippen molar-refractivity contribution in [3.05, 3.63) is 47.1 Å². The topological polar surface area (TPSA) is 54.6 Å². The van der Waals surface area contributed by atoms with Gasteiger partial charge in [0.1, 0.15) is 5.75 Å². The summed E-state index contributed by atoms with van der Waals surface area (Å²) >= 11 is 0. The molecule has 0 radical (unpaired) electrons. The van der Waals surface area contributed by atoms with Gasteiger partial charge in [-0.1, -0.05) is 28.9 Å². The lowest BCUT2D eigenvalue weighted by Crippen LogP contribution is -2.46. The molecule has 2 heterocycles. The first-order chi connectivity index (χ1) is 12.1. The number of hydrogen-bond donors (Lipinski definition) is 0. The molecule has 6 heteroatoms. The zero-order valence-corrected chi connectivity index (χ0v) is 15.2. The molecule has 1 aliphatic heterocycles. The van der Waals surface area contributed by atoms with Crippen LogP contribution in [0.4, 0.5) is 0 Å². The number of methoxy groups -OCH3 is 1. The van der Waals surface area contributed by atoms with E-state index in [-0.39, 0.29) is 0 Å². The smallest absolute Gasteiger partial charge is 0.223 e. The minimum Gasteiger partial charge on any atom is -0.497 e. The predicted octanol–water partition coefficient (Wildman–Crippen LogP) is 2.61. The van der Waals surface area contributed by atoms with Crippen molar-refractivity contribution >= 4 is 6.08 Å². The van der Waals surface area contributed by atoms with Gasteiger partial charge in [0, 0.05) is 39.6 Å².